The van der Waals surface area contributed by atoms with Crippen LogP contribution in [0.15, 0.2) is 30.3 Å². The summed E-state index contributed by atoms with van der Waals surface area (Å²) in [5, 5.41) is 8.38. The van der Waals surface area contributed by atoms with Gasteiger partial charge in [-0.05, 0) is 37.6 Å². The molecule has 1 aromatic rings. The van der Waals surface area contributed by atoms with Gasteiger partial charge in [0, 0.05) is 6.08 Å². The van der Waals surface area contributed by atoms with E-state index in [4.69, 9.17) is 15.7 Å². The first kappa shape index (κ1) is 12.8. The molecule has 0 saturated heterocycles. The van der Waals surface area contributed by atoms with Crippen molar-refractivity contribution in [1.29, 1.82) is 5.26 Å². The molecular weight excluding hydrogens is 216 g/mol. The molecule has 17 heavy (non-hydrogen) atoms. The largest absolute Gasteiger partial charge is 0.478 e. The summed E-state index contributed by atoms with van der Waals surface area (Å²) in [4.78, 5) is 11.1. The number of carbonyl (C=O) groups excluding carboxylic acids is 1. The minimum Gasteiger partial charge on any atom is -0.478 e. The van der Waals surface area contributed by atoms with E-state index in [1.165, 1.54) is 6.08 Å². The molecule has 0 heterocycles. The normalized spacial score (nSPS) is 11.1. The van der Waals surface area contributed by atoms with Crippen LogP contribution in [0.25, 0.3) is 6.08 Å². The van der Waals surface area contributed by atoms with Gasteiger partial charge in [0.15, 0.2) is 5.60 Å². The van der Waals surface area contributed by atoms with E-state index in [1.807, 2.05) is 6.07 Å². The van der Waals surface area contributed by atoms with Crippen LogP contribution in [0.1, 0.15) is 19.4 Å². The molecule has 4 nitrogen and oxygen atoms in total. The van der Waals surface area contributed by atoms with Gasteiger partial charge in [0.2, 0.25) is 0 Å². The average Bonchev–Trinajstić information content (AvgIpc) is 2.27. The van der Waals surface area contributed by atoms with Crippen LogP contribution in [0.4, 0.5) is 0 Å². The molecule has 0 radical (unpaired) electrons. The monoisotopic (exact) mass is 230 g/mol. The van der Waals surface area contributed by atoms with E-state index in [0.29, 0.717) is 5.75 Å². The van der Waals surface area contributed by atoms with Crippen molar-refractivity contribution in [2.75, 3.05) is 0 Å². The van der Waals surface area contributed by atoms with Crippen LogP contribution in [-0.4, -0.2) is 11.5 Å². The molecule has 0 bridgehead atoms. The molecule has 0 aliphatic heterocycles. The third-order valence-corrected chi connectivity index (χ3v) is 2.20. The summed E-state index contributed by atoms with van der Waals surface area (Å²) in [6, 6.07) is 8.94. The molecule has 0 atom stereocenters. The van der Waals surface area contributed by atoms with Crippen LogP contribution in [-0.2, 0) is 4.79 Å². The molecule has 0 saturated carbocycles. The lowest BCUT2D eigenvalue weighted by atomic mass is 10.1. The second-order valence-electron chi connectivity index (χ2n) is 4.01. The Balaban J connectivity index is 2.79. The van der Waals surface area contributed by atoms with E-state index >= 15 is 0 Å². The highest BCUT2D eigenvalue weighted by atomic mass is 16.5. The predicted octanol–water partition coefficient (Wildman–Crippen LogP) is 1.87. The first-order chi connectivity index (χ1) is 7.95. The van der Waals surface area contributed by atoms with Gasteiger partial charge in [-0.2, -0.15) is 5.26 Å². The second kappa shape index (κ2) is 5.17. The Labute approximate surface area is 100 Å². The highest BCUT2D eigenvalue weighted by Gasteiger charge is 2.26. The number of hydrogen-bond acceptors (Lipinski definition) is 3. The first-order valence-corrected chi connectivity index (χ1v) is 5.11. The fourth-order valence-corrected chi connectivity index (χ4v) is 1.13. The lowest BCUT2D eigenvalue weighted by Crippen LogP contribution is -2.43. The summed E-state index contributed by atoms with van der Waals surface area (Å²) < 4.78 is 5.46. The summed E-state index contributed by atoms with van der Waals surface area (Å²) in [5.74, 6) is 0.0360. The van der Waals surface area contributed by atoms with E-state index in [-0.39, 0.29) is 0 Å². The Morgan fingerprint density at radius 3 is 2.47 bits per heavy atom. The van der Waals surface area contributed by atoms with Crippen molar-refractivity contribution in [3.63, 3.8) is 0 Å². The number of amides is 1. The zero-order chi connectivity index (χ0) is 12.9. The zero-order valence-electron chi connectivity index (χ0n) is 9.81. The van der Waals surface area contributed by atoms with Crippen LogP contribution in [0.2, 0.25) is 0 Å². The maximum absolute atomic E-state index is 11.1. The van der Waals surface area contributed by atoms with Gasteiger partial charge in [-0.25, -0.2) is 0 Å². The quantitative estimate of drug-likeness (QED) is 0.802. The van der Waals surface area contributed by atoms with Gasteiger partial charge >= 0.3 is 0 Å². The summed E-state index contributed by atoms with van der Waals surface area (Å²) in [6.07, 6.45) is 3.08. The molecule has 0 unspecified atom stereocenters. The number of carbonyl (C=O) groups is 1. The number of benzene rings is 1. The van der Waals surface area contributed by atoms with Gasteiger partial charge in [0.1, 0.15) is 5.75 Å². The third-order valence-electron chi connectivity index (χ3n) is 2.20. The summed E-state index contributed by atoms with van der Waals surface area (Å²) in [6.45, 7) is 3.22. The number of hydrogen-bond donors (Lipinski definition) is 1. The number of allylic oxidation sites excluding steroid dienone is 1. The highest BCUT2D eigenvalue weighted by Crippen LogP contribution is 2.19. The number of nitrogens with zero attached hydrogens (tertiary/aromatic N) is 1. The number of ether oxygens (including phenoxy) is 1. The van der Waals surface area contributed by atoms with E-state index < -0.39 is 11.5 Å². The van der Waals surface area contributed by atoms with Gasteiger partial charge < -0.3 is 10.5 Å². The minimum atomic E-state index is -1.04. The first-order valence-electron chi connectivity index (χ1n) is 5.11. The Morgan fingerprint density at radius 2 is 2.00 bits per heavy atom. The predicted molar refractivity (Wildman–Crippen MR) is 65.0 cm³/mol. The number of nitriles is 1. The molecule has 0 aliphatic carbocycles. The van der Waals surface area contributed by atoms with Crippen LogP contribution in [0.5, 0.6) is 5.75 Å². The molecule has 0 fully saturated rings. The molecule has 4 heteroatoms. The molecule has 2 N–H and O–H groups in total. The van der Waals surface area contributed by atoms with Crippen molar-refractivity contribution in [2.24, 2.45) is 5.73 Å². The summed E-state index contributed by atoms with van der Waals surface area (Å²) in [7, 11) is 0. The van der Waals surface area contributed by atoms with Crippen molar-refractivity contribution in [3.8, 4) is 11.8 Å². The topological polar surface area (TPSA) is 76.1 Å². The van der Waals surface area contributed by atoms with Gasteiger partial charge in [-0.3, -0.25) is 4.79 Å². The standard InChI is InChI=1S/C13H14N2O2/c1-13(2,12(15)16)17-11-7-5-10(6-8-11)4-3-9-14/h3-8H,1-2H3,(H2,15,16). The highest BCUT2D eigenvalue weighted by molar-refractivity contribution is 5.82. The SMILES string of the molecule is CC(C)(Oc1ccc(C=CC#N)cc1)C(N)=O. The van der Waals surface area contributed by atoms with E-state index in [9.17, 15) is 4.79 Å². The fourth-order valence-electron chi connectivity index (χ4n) is 1.13. The maximum atomic E-state index is 11.1. The molecule has 0 aliphatic rings. The van der Waals surface area contributed by atoms with E-state index in [1.54, 1.807) is 44.2 Å². The van der Waals surface area contributed by atoms with Gasteiger partial charge in [0.05, 0.1) is 6.07 Å². The Bertz CT molecular complexity index is 467. The van der Waals surface area contributed by atoms with Crippen molar-refractivity contribution >= 4 is 12.0 Å². The van der Waals surface area contributed by atoms with E-state index in [2.05, 4.69) is 0 Å². The molecule has 1 amide bonds. The Hall–Kier alpha value is -2.28. The third kappa shape index (κ3) is 3.65. The summed E-state index contributed by atoms with van der Waals surface area (Å²) >= 11 is 0. The van der Waals surface area contributed by atoms with Gasteiger partial charge in [-0.15, -0.1) is 0 Å². The molecule has 1 rings (SSSR count). The zero-order valence-corrected chi connectivity index (χ0v) is 9.81. The van der Waals surface area contributed by atoms with Crippen LogP contribution in [0, 0.1) is 11.3 Å². The van der Waals surface area contributed by atoms with Crippen molar-refractivity contribution in [2.45, 2.75) is 19.4 Å². The smallest absolute Gasteiger partial charge is 0.261 e. The Morgan fingerprint density at radius 1 is 1.41 bits per heavy atom. The van der Waals surface area contributed by atoms with E-state index in [0.717, 1.165) is 5.56 Å². The minimum absolute atomic E-state index is 0.522. The molecule has 88 valence electrons. The Kier molecular flexibility index (Phi) is 3.89. The number of nitrogens with two attached hydrogens (primary N) is 1. The lowest BCUT2D eigenvalue weighted by molar-refractivity contribution is -0.130. The molecule has 1 aromatic carbocycles. The van der Waals surface area contributed by atoms with Crippen molar-refractivity contribution in [3.05, 3.63) is 35.9 Å². The average molecular weight is 230 g/mol. The van der Waals surface area contributed by atoms with Crippen LogP contribution < -0.4 is 10.5 Å². The van der Waals surface area contributed by atoms with Gasteiger partial charge in [-0.1, -0.05) is 12.1 Å². The molecule has 0 spiro atoms. The number of primary amides is 1. The molecular formula is C13H14N2O2. The second-order valence-corrected chi connectivity index (χ2v) is 4.01. The number of rotatable bonds is 4. The lowest BCUT2D eigenvalue weighted by Gasteiger charge is -2.22. The van der Waals surface area contributed by atoms with Crippen molar-refractivity contribution < 1.29 is 9.53 Å². The fraction of sp³-hybridized carbons (Fsp3) is 0.231. The van der Waals surface area contributed by atoms with Crippen LogP contribution >= 0.6 is 0 Å². The molecule has 0 aromatic heterocycles. The summed E-state index contributed by atoms with van der Waals surface area (Å²) in [5.41, 5.74) is 5.05. The van der Waals surface area contributed by atoms with Crippen molar-refractivity contribution in [1.82, 2.24) is 0 Å². The maximum Gasteiger partial charge on any atom is 0.261 e. The van der Waals surface area contributed by atoms with Crippen LogP contribution in [0.3, 0.4) is 0 Å². The van der Waals surface area contributed by atoms with Gasteiger partial charge in [0.25, 0.3) is 5.91 Å².